The summed E-state index contributed by atoms with van der Waals surface area (Å²) in [6.07, 6.45) is 5.22. The minimum atomic E-state index is 0. The van der Waals surface area contributed by atoms with E-state index in [4.69, 9.17) is 0 Å². The van der Waals surface area contributed by atoms with E-state index in [0.717, 1.165) is 43.0 Å². The minimum absolute atomic E-state index is 0. The Kier molecular flexibility index (Phi) is 6.44. The number of carbonyl (C=O) groups excluding carboxylic acids is 1. The fraction of sp³-hybridized carbons (Fsp3) is 0.579. The molecule has 2 aromatic rings. The van der Waals surface area contributed by atoms with Gasteiger partial charge in [-0.2, -0.15) is 0 Å². The number of rotatable bonds is 6. The summed E-state index contributed by atoms with van der Waals surface area (Å²) in [4.78, 5) is 12.5. The molecule has 1 aliphatic heterocycles. The second-order valence-corrected chi connectivity index (χ2v) is 7.60. The normalized spacial score (nSPS) is 20.6. The largest absolute Gasteiger partial charge is 0.326 e. The second kappa shape index (κ2) is 8.80. The molecule has 4 rings (SSSR count). The van der Waals surface area contributed by atoms with Crippen molar-refractivity contribution in [3.8, 4) is 11.4 Å². The zero-order valence-electron chi connectivity index (χ0n) is 15.6. The van der Waals surface area contributed by atoms with E-state index in [2.05, 4.69) is 33.1 Å². The van der Waals surface area contributed by atoms with Crippen molar-refractivity contribution in [3.63, 3.8) is 0 Å². The van der Waals surface area contributed by atoms with Gasteiger partial charge in [-0.25, -0.2) is 4.68 Å². The maximum atomic E-state index is 12.5. The topological polar surface area (TPSA) is 84.7 Å². The molecular formula is C19H27ClN6O. The first-order valence-corrected chi connectivity index (χ1v) is 9.59. The van der Waals surface area contributed by atoms with E-state index in [1.807, 2.05) is 28.9 Å². The smallest absolute Gasteiger partial charge is 0.224 e. The average molecular weight is 391 g/mol. The van der Waals surface area contributed by atoms with Gasteiger partial charge in [0.15, 0.2) is 5.82 Å². The quantitative estimate of drug-likeness (QED) is 0.791. The Bertz CT molecular complexity index is 769. The summed E-state index contributed by atoms with van der Waals surface area (Å²) in [5, 5.41) is 18.5. The second-order valence-electron chi connectivity index (χ2n) is 7.60. The molecule has 27 heavy (non-hydrogen) atoms. The number of hydrogen-bond acceptors (Lipinski definition) is 5. The third-order valence-electron chi connectivity index (χ3n) is 5.44. The third kappa shape index (κ3) is 4.84. The van der Waals surface area contributed by atoms with E-state index in [-0.39, 0.29) is 18.3 Å². The summed E-state index contributed by atoms with van der Waals surface area (Å²) < 4.78 is 1.89. The maximum Gasteiger partial charge on any atom is 0.224 e. The lowest BCUT2D eigenvalue weighted by Gasteiger charge is -2.28. The predicted octanol–water partition coefficient (Wildman–Crippen LogP) is 3.06. The molecule has 1 saturated heterocycles. The van der Waals surface area contributed by atoms with E-state index in [1.54, 1.807) is 0 Å². The Morgan fingerprint density at radius 1 is 1.37 bits per heavy atom. The van der Waals surface area contributed by atoms with Gasteiger partial charge >= 0.3 is 0 Å². The summed E-state index contributed by atoms with van der Waals surface area (Å²) in [5.74, 6) is 1.81. The van der Waals surface area contributed by atoms with Crippen LogP contribution in [0.5, 0.6) is 0 Å². The maximum absolute atomic E-state index is 12.5. The Morgan fingerprint density at radius 2 is 2.22 bits per heavy atom. The van der Waals surface area contributed by atoms with Crippen LogP contribution >= 0.6 is 12.4 Å². The molecule has 2 atom stereocenters. The van der Waals surface area contributed by atoms with Crippen molar-refractivity contribution >= 4 is 24.0 Å². The molecule has 1 aromatic heterocycles. The number of nitrogens with one attached hydrogen (secondary N) is 2. The highest BCUT2D eigenvalue weighted by molar-refractivity contribution is 5.91. The Hall–Kier alpha value is -1.99. The summed E-state index contributed by atoms with van der Waals surface area (Å²) in [6, 6.07) is 8.21. The van der Waals surface area contributed by atoms with Gasteiger partial charge in [0.05, 0.1) is 6.04 Å². The zero-order chi connectivity index (χ0) is 17.9. The molecule has 1 saturated carbocycles. The molecule has 146 valence electrons. The van der Waals surface area contributed by atoms with Crippen molar-refractivity contribution in [2.24, 2.45) is 11.8 Å². The van der Waals surface area contributed by atoms with E-state index in [0.29, 0.717) is 24.3 Å². The Morgan fingerprint density at radius 3 is 2.96 bits per heavy atom. The molecular weight excluding hydrogens is 364 g/mol. The van der Waals surface area contributed by atoms with Crippen LogP contribution < -0.4 is 10.6 Å². The van der Waals surface area contributed by atoms with Gasteiger partial charge in [0.25, 0.3) is 0 Å². The van der Waals surface area contributed by atoms with Crippen LogP contribution in [0.2, 0.25) is 0 Å². The van der Waals surface area contributed by atoms with Gasteiger partial charge in [-0.15, -0.1) is 17.5 Å². The van der Waals surface area contributed by atoms with Crippen LogP contribution in [0.15, 0.2) is 24.3 Å². The lowest BCUT2D eigenvalue weighted by Crippen LogP contribution is -2.34. The molecule has 2 unspecified atom stereocenters. The van der Waals surface area contributed by atoms with Crippen molar-refractivity contribution in [1.82, 2.24) is 25.5 Å². The van der Waals surface area contributed by atoms with Crippen LogP contribution in [-0.4, -0.2) is 39.2 Å². The Balaban J connectivity index is 0.00000210. The van der Waals surface area contributed by atoms with Gasteiger partial charge in [-0.3, -0.25) is 4.79 Å². The first kappa shape index (κ1) is 19.8. The van der Waals surface area contributed by atoms with Gasteiger partial charge in [-0.1, -0.05) is 19.1 Å². The highest BCUT2D eigenvalue weighted by Gasteiger charge is 2.28. The molecule has 2 fully saturated rings. The number of nitrogens with zero attached hydrogens (tertiary/aromatic N) is 4. The fourth-order valence-corrected chi connectivity index (χ4v) is 3.72. The fourth-order valence-electron chi connectivity index (χ4n) is 3.72. The van der Waals surface area contributed by atoms with Crippen LogP contribution in [0.3, 0.4) is 0 Å². The van der Waals surface area contributed by atoms with E-state index < -0.39 is 0 Å². The van der Waals surface area contributed by atoms with Crippen molar-refractivity contribution in [3.05, 3.63) is 24.3 Å². The summed E-state index contributed by atoms with van der Waals surface area (Å²) in [6.45, 7) is 4.30. The SMILES string of the molecule is CC(CC(=O)Nc1cccc(-c2nnnn2C2CC2)c1)C1CCCNC1.Cl. The van der Waals surface area contributed by atoms with Crippen molar-refractivity contribution in [2.75, 3.05) is 18.4 Å². The Labute approximate surface area is 165 Å². The standard InChI is InChI=1S/C19H26N6O.ClH/c1-13(15-5-3-9-20-12-15)10-18(26)21-16-6-2-4-14(11-16)19-22-23-24-25(19)17-7-8-17;/h2,4,6,11,13,15,17,20H,3,5,7-10,12H2,1H3,(H,21,26);1H. The first-order valence-electron chi connectivity index (χ1n) is 9.59. The third-order valence-corrected chi connectivity index (χ3v) is 5.44. The highest BCUT2D eigenvalue weighted by atomic mass is 35.5. The molecule has 0 bridgehead atoms. The van der Waals surface area contributed by atoms with E-state index in [9.17, 15) is 4.79 Å². The van der Waals surface area contributed by atoms with Crippen LogP contribution in [0, 0.1) is 11.8 Å². The average Bonchev–Trinajstić information content (AvgIpc) is 3.39. The summed E-state index contributed by atoms with van der Waals surface area (Å²) in [7, 11) is 0. The van der Waals surface area contributed by atoms with Crippen molar-refractivity contribution in [1.29, 1.82) is 0 Å². The molecule has 1 aromatic carbocycles. The number of anilines is 1. The van der Waals surface area contributed by atoms with Crippen LogP contribution in [0.25, 0.3) is 11.4 Å². The molecule has 0 spiro atoms. The number of benzene rings is 1. The number of amides is 1. The number of tetrazole rings is 1. The minimum Gasteiger partial charge on any atom is -0.326 e. The first-order chi connectivity index (χ1) is 12.7. The van der Waals surface area contributed by atoms with Crippen molar-refractivity contribution < 1.29 is 4.79 Å². The molecule has 7 nitrogen and oxygen atoms in total. The van der Waals surface area contributed by atoms with Crippen molar-refractivity contribution in [2.45, 2.75) is 45.1 Å². The van der Waals surface area contributed by atoms with Crippen LogP contribution in [0.1, 0.15) is 45.1 Å². The van der Waals surface area contributed by atoms with Gasteiger partial charge in [-0.05, 0) is 73.2 Å². The molecule has 0 radical (unpaired) electrons. The molecule has 1 amide bonds. The van der Waals surface area contributed by atoms with E-state index >= 15 is 0 Å². The molecule has 2 N–H and O–H groups in total. The lowest BCUT2D eigenvalue weighted by molar-refractivity contribution is -0.117. The van der Waals surface area contributed by atoms with Gasteiger partial charge in [0.2, 0.25) is 5.91 Å². The molecule has 2 heterocycles. The molecule has 2 aliphatic rings. The number of carbonyl (C=O) groups is 1. The highest BCUT2D eigenvalue weighted by Crippen LogP contribution is 2.36. The predicted molar refractivity (Wildman–Crippen MR) is 107 cm³/mol. The van der Waals surface area contributed by atoms with Crippen LogP contribution in [0.4, 0.5) is 5.69 Å². The zero-order valence-corrected chi connectivity index (χ0v) is 16.4. The number of halogens is 1. The number of hydrogen-bond donors (Lipinski definition) is 2. The van der Waals surface area contributed by atoms with Crippen LogP contribution in [-0.2, 0) is 4.79 Å². The molecule has 8 heteroatoms. The molecule has 1 aliphatic carbocycles. The summed E-state index contributed by atoms with van der Waals surface area (Å²) >= 11 is 0. The number of piperidine rings is 1. The van der Waals surface area contributed by atoms with E-state index in [1.165, 1.54) is 12.8 Å². The van der Waals surface area contributed by atoms with Gasteiger partial charge < -0.3 is 10.6 Å². The van der Waals surface area contributed by atoms with Gasteiger partial charge in [0, 0.05) is 17.7 Å². The monoisotopic (exact) mass is 390 g/mol. The summed E-state index contributed by atoms with van der Waals surface area (Å²) in [5.41, 5.74) is 1.73. The lowest BCUT2D eigenvalue weighted by atomic mass is 9.85. The number of aromatic nitrogens is 4. The van der Waals surface area contributed by atoms with Gasteiger partial charge in [0.1, 0.15) is 0 Å².